The summed E-state index contributed by atoms with van der Waals surface area (Å²) in [5.41, 5.74) is 4.45. The lowest BCUT2D eigenvalue weighted by molar-refractivity contribution is -0.116. The van der Waals surface area contributed by atoms with Gasteiger partial charge in [0.25, 0.3) is 5.91 Å². The van der Waals surface area contributed by atoms with Crippen molar-refractivity contribution in [3.63, 3.8) is 0 Å². The number of nitrogens with zero attached hydrogens (tertiary/aromatic N) is 1. The highest BCUT2D eigenvalue weighted by atomic mass is 32.2. The molecule has 0 aliphatic rings. The summed E-state index contributed by atoms with van der Waals surface area (Å²) in [6.07, 6.45) is 1.13. The van der Waals surface area contributed by atoms with Crippen LogP contribution in [-0.4, -0.2) is 16.8 Å². The van der Waals surface area contributed by atoms with Gasteiger partial charge >= 0.3 is 0 Å². The quantitative estimate of drug-likeness (QED) is 0.189. The highest BCUT2D eigenvalue weighted by molar-refractivity contribution is 8.00. The van der Waals surface area contributed by atoms with Crippen molar-refractivity contribution in [3.8, 4) is 0 Å². The Morgan fingerprint density at radius 2 is 1.61 bits per heavy atom. The average molecular weight is 542 g/mol. The van der Waals surface area contributed by atoms with Gasteiger partial charge in [-0.3, -0.25) is 9.59 Å². The van der Waals surface area contributed by atoms with Crippen molar-refractivity contribution in [2.45, 2.75) is 22.9 Å². The van der Waals surface area contributed by atoms with Gasteiger partial charge in [0.15, 0.2) is 4.34 Å². The van der Waals surface area contributed by atoms with E-state index >= 15 is 0 Å². The molecule has 1 aromatic heterocycles. The van der Waals surface area contributed by atoms with Crippen molar-refractivity contribution >= 4 is 56.5 Å². The van der Waals surface area contributed by atoms with Crippen LogP contribution >= 0.6 is 23.1 Å². The van der Waals surface area contributed by atoms with E-state index in [0.29, 0.717) is 24.2 Å². The molecule has 0 spiro atoms. The Morgan fingerprint density at radius 1 is 0.842 bits per heavy atom. The first-order chi connectivity index (χ1) is 18.5. The average Bonchev–Trinajstić information content (AvgIpc) is 3.35. The largest absolute Gasteiger partial charge is 0.326 e. The molecule has 0 atom stereocenters. The summed E-state index contributed by atoms with van der Waals surface area (Å²) in [7, 11) is 0. The molecule has 8 heteroatoms. The van der Waals surface area contributed by atoms with Crippen molar-refractivity contribution in [3.05, 3.63) is 120 Å². The minimum atomic E-state index is -0.470. The maximum Gasteiger partial charge on any atom is 0.255 e. The van der Waals surface area contributed by atoms with Crippen LogP contribution in [0.2, 0.25) is 0 Å². The summed E-state index contributed by atoms with van der Waals surface area (Å²) >= 11 is 3.19. The maximum atomic E-state index is 13.8. The molecule has 0 aliphatic heterocycles. The number of benzene rings is 4. The van der Waals surface area contributed by atoms with E-state index in [2.05, 4.69) is 10.6 Å². The van der Waals surface area contributed by atoms with Crippen LogP contribution in [0.5, 0.6) is 0 Å². The molecule has 1 heterocycles. The van der Waals surface area contributed by atoms with Crippen molar-refractivity contribution < 1.29 is 14.0 Å². The van der Waals surface area contributed by atoms with Crippen LogP contribution in [0.25, 0.3) is 10.2 Å². The molecular formula is C30H24FN3O2S2. The Kier molecular flexibility index (Phi) is 8.11. The summed E-state index contributed by atoms with van der Waals surface area (Å²) < 4.78 is 15.7. The first kappa shape index (κ1) is 25.6. The summed E-state index contributed by atoms with van der Waals surface area (Å²) in [4.78, 5) is 29.5. The van der Waals surface area contributed by atoms with Crippen LogP contribution in [0, 0.1) is 5.82 Å². The summed E-state index contributed by atoms with van der Waals surface area (Å²) in [6.45, 7) is 0. The Hall–Kier alpha value is -4.01. The number of amides is 2. The standard InChI is InChI=1S/C30H24FN3O2S2/c31-24-8-4-5-9-25(24)33-29(36)22-13-10-21(11-14-22)19-37-30-34-26-16-15-23(18-27(26)38-30)32-28(35)17-12-20-6-2-1-3-7-20/h1-11,13-16,18H,12,17,19H2,(H,32,35)(H,33,36). The van der Waals surface area contributed by atoms with E-state index in [9.17, 15) is 14.0 Å². The lowest BCUT2D eigenvalue weighted by atomic mass is 10.1. The summed E-state index contributed by atoms with van der Waals surface area (Å²) in [5, 5.41) is 5.58. The smallest absolute Gasteiger partial charge is 0.255 e. The van der Waals surface area contributed by atoms with Gasteiger partial charge in [0, 0.05) is 23.4 Å². The van der Waals surface area contributed by atoms with Gasteiger partial charge in [0.2, 0.25) is 5.91 Å². The van der Waals surface area contributed by atoms with Gasteiger partial charge in [0.05, 0.1) is 15.9 Å². The molecule has 38 heavy (non-hydrogen) atoms. The molecule has 0 saturated heterocycles. The molecule has 0 aliphatic carbocycles. The third kappa shape index (κ3) is 6.65. The fraction of sp³-hybridized carbons (Fsp3) is 0.100. The summed E-state index contributed by atoms with van der Waals surface area (Å²) in [5.74, 6) is -0.151. The number of carbonyl (C=O) groups excluding carboxylic acids is 2. The fourth-order valence-corrected chi connectivity index (χ4v) is 5.89. The van der Waals surface area contributed by atoms with E-state index in [1.54, 1.807) is 47.4 Å². The molecule has 5 rings (SSSR count). The molecule has 190 valence electrons. The second-order valence-corrected chi connectivity index (χ2v) is 10.9. The number of fused-ring (bicyclic) bond motifs is 1. The number of nitrogens with one attached hydrogen (secondary N) is 2. The highest BCUT2D eigenvalue weighted by Gasteiger charge is 2.11. The Morgan fingerprint density at radius 3 is 2.39 bits per heavy atom. The fourth-order valence-electron chi connectivity index (χ4n) is 3.82. The van der Waals surface area contributed by atoms with Gasteiger partial charge in [0.1, 0.15) is 5.82 Å². The van der Waals surface area contributed by atoms with Gasteiger partial charge in [-0.1, -0.05) is 66.4 Å². The first-order valence-electron chi connectivity index (χ1n) is 12.1. The molecule has 0 saturated carbocycles. The molecule has 2 amide bonds. The van der Waals surface area contributed by atoms with Gasteiger partial charge in [-0.05, 0) is 60.0 Å². The van der Waals surface area contributed by atoms with Crippen LogP contribution in [-0.2, 0) is 17.0 Å². The van der Waals surface area contributed by atoms with E-state index < -0.39 is 5.82 Å². The molecule has 5 aromatic rings. The molecule has 0 fully saturated rings. The van der Waals surface area contributed by atoms with E-state index in [1.165, 1.54) is 12.1 Å². The second kappa shape index (κ2) is 12.0. The van der Waals surface area contributed by atoms with Crippen molar-refractivity contribution in [1.29, 1.82) is 0 Å². The number of carbonyl (C=O) groups is 2. The third-order valence-electron chi connectivity index (χ3n) is 5.84. The Bertz CT molecular complexity index is 1570. The molecule has 0 unspecified atom stereocenters. The van der Waals surface area contributed by atoms with Crippen LogP contribution in [0.4, 0.5) is 15.8 Å². The normalized spacial score (nSPS) is 10.9. The van der Waals surface area contributed by atoms with E-state index in [4.69, 9.17) is 4.98 Å². The van der Waals surface area contributed by atoms with Gasteiger partial charge in [-0.2, -0.15) is 0 Å². The van der Waals surface area contributed by atoms with E-state index in [1.807, 2.05) is 60.7 Å². The molecular weight excluding hydrogens is 517 g/mol. The number of aromatic nitrogens is 1. The zero-order valence-electron chi connectivity index (χ0n) is 20.3. The zero-order valence-corrected chi connectivity index (χ0v) is 22.0. The zero-order chi connectivity index (χ0) is 26.3. The molecule has 0 bridgehead atoms. The number of hydrogen-bond acceptors (Lipinski definition) is 5. The first-order valence-corrected chi connectivity index (χ1v) is 13.9. The number of para-hydroxylation sites is 1. The second-order valence-electron chi connectivity index (χ2n) is 8.62. The minimum absolute atomic E-state index is 0.0154. The molecule has 4 aromatic carbocycles. The van der Waals surface area contributed by atoms with Crippen molar-refractivity contribution in [1.82, 2.24) is 4.98 Å². The molecule has 2 N–H and O–H groups in total. The molecule has 5 nitrogen and oxygen atoms in total. The lowest BCUT2D eigenvalue weighted by Gasteiger charge is -2.07. The molecule has 0 radical (unpaired) electrons. The third-order valence-corrected chi connectivity index (χ3v) is 8.07. The maximum absolute atomic E-state index is 13.8. The van der Waals surface area contributed by atoms with Crippen LogP contribution < -0.4 is 10.6 Å². The highest BCUT2D eigenvalue weighted by Crippen LogP contribution is 2.33. The van der Waals surface area contributed by atoms with Crippen LogP contribution in [0.1, 0.15) is 27.9 Å². The predicted octanol–water partition coefficient (Wildman–Crippen LogP) is 7.55. The van der Waals surface area contributed by atoms with Crippen molar-refractivity contribution in [2.75, 3.05) is 10.6 Å². The van der Waals surface area contributed by atoms with Gasteiger partial charge in [-0.25, -0.2) is 9.37 Å². The number of rotatable bonds is 9. The number of aryl methyl sites for hydroxylation is 1. The number of halogens is 1. The lowest BCUT2D eigenvalue weighted by Crippen LogP contribution is -2.12. The SMILES string of the molecule is O=C(CCc1ccccc1)Nc1ccc2nc(SCc3ccc(C(=O)Nc4ccccc4F)cc3)sc2c1. The minimum Gasteiger partial charge on any atom is -0.326 e. The number of thioether (sulfide) groups is 1. The van der Waals surface area contributed by atoms with Crippen molar-refractivity contribution in [2.24, 2.45) is 0 Å². The van der Waals surface area contributed by atoms with Crippen LogP contribution in [0.15, 0.2) is 101 Å². The number of thiazole rings is 1. The Balaban J connectivity index is 1.15. The van der Waals surface area contributed by atoms with E-state index in [-0.39, 0.29) is 17.5 Å². The van der Waals surface area contributed by atoms with Gasteiger partial charge in [-0.15, -0.1) is 11.3 Å². The summed E-state index contributed by atoms with van der Waals surface area (Å²) in [6, 6.07) is 29.1. The Labute approximate surface area is 228 Å². The van der Waals surface area contributed by atoms with E-state index in [0.717, 1.165) is 31.4 Å². The number of hydrogen-bond donors (Lipinski definition) is 2. The number of anilines is 2. The monoisotopic (exact) mass is 541 g/mol. The topological polar surface area (TPSA) is 71.1 Å². The van der Waals surface area contributed by atoms with Crippen LogP contribution in [0.3, 0.4) is 0 Å². The van der Waals surface area contributed by atoms with Gasteiger partial charge < -0.3 is 10.6 Å². The predicted molar refractivity (Wildman–Crippen MR) is 153 cm³/mol.